The third-order valence-electron chi connectivity index (χ3n) is 3.93. The predicted octanol–water partition coefficient (Wildman–Crippen LogP) is 6.82. The Morgan fingerprint density at radius 3 is 1.96 bits per heavy atom. The SMILES string of the molecule is C[Si](C)(C)ON(c1ccccc1)C(C#Cc1ccccc1)c1ccc(Br)cc1. The summed E-state index contributed by atoms with van der Waals surface area (Å²) in [5, 5.41) is 1.98. The zero-order valence-corrected chi connectivity index (χ0v) is 19.0. The van der Waals surface area contributed by atoms with Gasteiger partial charge >= 0.3 is 0 Å². The standard InChI is InChI=1S/C24H24BrNOSi/c1-28(2,3)27-26(23-12-8-5-9-13-23)24(21-15-17-22(25)18-16-21)19-14-20-10-6-4-7-11-20/h4-13,15-18,24H,1-3H3. The van der Waals surface area contributed by atoms with Gasteiger partial charge in [-0.05, 0) is 61.6 Å². The quantitative estimate of drug-likeness (QED) is 0.240. The van der Waals surface area contributed by atoms with Gasteiger partial charge in [-0.2, -0.15) is 0 Å². The predicted molar refractivity (Wildman–Crippen MR) is 124 cm³/mol. The lowest BCUT2D eigenvalue weighted by atomic mass is 10.1. The topological polar surface area (TPSA) is 12.5 Å². The Kier molecular flexibility index (Phi) is 6.74. The lowest BCUT2D eigenvalue weighted by Crippen LogP contribution is -2.39. The second-order valence-electron chi connectivity index (χ2n) is 7.45. The van der Waals surface area contributed by atoms with Crippen LogP contribution in [0.15, 0.2) is 89.4 Å². The van der Waals surface area contributed by atoms with Crippen LogP contribution >= 0.6 is 15.9 Å². The summed E-state index contributed by atoms with van der Waals surface area (Å²) in [5.74, 6) is 6.78. The molecule has 142 valence electrons. The van der Waals surface area contributed by atoms with Crippen LogP contribution in [0, 0.1) is 11.8 Å². The van der Waals surface area contributed by atoms with Crippen molar-refractivity contribution in [3.8, 4) is 11.8 Å². The Morgan fingerprint density at radius 1 is 0.821 bits per heavy atom. The number of nitrogens with zero attached hydrogens (tertiary/aromatic N) is 1. The molecule has 0 N–H and O–H groups in total. The summed E-state index contributed by atoms with van der Waals surface area (Å²) >= 11 is 3.53. The molecule has 1 unspecified atom stereocenters. The van der Waals surface area contributed by atoms with Crippen molar-refractivity contribution in [3.05, 3.63) is 101 Å². The van der Waals surface area contributed by atoms with Crippen molar-refractivity contribution in [2.45, 2.75) is 25.7 Å². The molecule has 3 rings (SSSR count). The van der Waals surface area contributed by atoms with Gasteiger partial charge < -0.3 is 4.53 Å². The van der Waals surface area contributed by atoms with E-state index in [0.717, 1.165) is 21.3 Å². The van der Waals surface area contributed by atoms with Crippen LogP contribution in [0.3, 0.4) is 0 Å². The summed E-state index contributed by atoms with van der Waals surface area (Å²) < 4.78 is 7.56. The highest BCUT2D eigenvalue weighted by atomic mass is 79.9. The van der Waals surface area contributed by atoms with Crippen LogP contribution in [0.4, 0.5) is 5.69 Å². The minimum Gasteiger partial charge on any atom is -0.319 e. The molecule has 0 saturated heterocycles. The smallest absolute Gasteiger partial charge is 0.220 e. The molecular weight excluding hydrogens is 426 g/mol. The number of anilines is 1. The number of hydrogen-bond donors (Lipinski definition) is 0. The van der Waals surface area contributed by atoms with Crippen molar-refractivity contribution in [2.75, 3.05) is 5.06 Å². The monoisotopic (exact) mass is 449 g/mol. The fraction of sp³-hybridized carbons (Fsp3) is 0.167. The molecule has 2 nitrogen and oxygen atoms in total. The summed E-state index contributed by atoms with van der Waals surface area (Å²) in [4.78, 5) is 0. The molecule has 0 heterocycles. The van der Waals surface area contributed by atoms with Gasteiger partial charge in [-0.1, -0.05) is 76.3 Å². The van der Waals surface area contributed by atoms with Crippen molar-refractivity contribution in [2.24, 2.45) is 0 Å². The maximum absolute atomic E-state index is 6.52. The van der Waals surface area contributed by atoms with Crippen LogP contribution in [0.2, 0.25) is 19.6 Å². The molecule has 0 aliphatic carbocycles. The molecule has 1 atom stereocenters. The van der Waals surface area contributed by atoms with E-state index in [0.29, 0.717) is 0 Å². The zero-order chi connectivity index (χ0) is 20.0. The zero-order valence-electron chi connectivity index (χ0n) is 16.4. The first-order valence-corrected chi connectivity index (χ1v) is 13.5. The fourth-order valence-corrected chi connectivity index (χ4v) is 3.79. The fourth-order valence-electron chi connectivity index (χ4n) is 2.72. The largest absolute Gasteiger partial charge is 0.319 e. The average Bonchev–Trinajstić information content (AvgIpc) is 2.69. The van der Waals surface area contributed by atoms with E-state index >= 15 is 0 Å². The molecule has 3 aromatic rings. The van der Waals surface area contributed by atoms with Gasteiger partial charge in [0.2, 0.25) is 8.32 Å². The normalized spacial score (nSPS) is 12.0. The highest BCUT2D eigenvalue weighted by Gasteiger charge is 2.27. The van der Waals surface area contributed by atoms with E-state index in [2.05, 4.69) is 71.7 Å². The van der Waals surface area contributed by atoms with Crippen LogP contribution in [0.1, 0.15) is 17.2 Å². The lowest BCUT2D eigenvalue weighted by molar-refractivity contribution is 0.254. The van der Waals surface area contributed by atoms with Crippen LogP contribution in [0.25, 0.3) is 0 Å². The average molecular weight is 450 g/mol. The van der Waals surface area contributed by atoms with E-state index in [1.165, 1.54) is 0 Å². The number of para-hydroxylation sites is 1. The number of halogens is 1. The van der Waals surface area contributed by atoms with E-state index in [1.807, 2.05) is 65.7 Å². The molecule has 0 aliphatic rings. The Hall–Kier alpha value is -2.32. The Bertz CT molecular complexity index is 941. The summed E-state index contributed by atoms with van der Waals surface area (Å²) in [6.45, 7) is 6.56. The molecule has 0 spiro atoms. The molecule has 0 saturated carbocycles. The van der Waals surface area contributed by atoms with Gasteiger partial charge in [0.15, 0.2) is 0 Å². The first kappa shape index (κ1) is 20.4. The number of hydrogen-bond acceptors (Lipinski definition) is 2. The third-order valence-corrected chi connectivity index (χ3v) is 5.20. The van der Waals surface area contributed by atoms with E-state index in [1.54, 1.807) is 0 Å². The highest BCUT2D eigenvalue weighted by Crippen LogP contribution is 2.30. The number of rotatable bonds is 5. The summed E-state index contributed by atoms with van der Waals surface area (Å²) in [6, 6.07) is 28.3. The van der Waals surface area contributed by atoms with Gasteiger partial charge in [0.1, 0.15) is 6.04 Å². The molecule has 0 amide bonds. The van der Waals surface area contributed by atoms with Gasteiger partial charge in [0.25, 0.3) is 0 Å². The number of benzene rings is 3. The van der Waals surface area contributed by atoms with Crippen LogP contribution < -0.4 is 5.06 Å². The maximum Gasteiger partial charge on any atom is 0.220 e. The van der Waals surface area contributed by atoms with E-state index < -0.39 is 8.32 Å². The van der Waals surface area contributed by atoms with Gasteiger partial charge in [0.05, 0.1) is 5.69 Å². The minimum atomic E-state index is -1.87. The van der Waals surface area contributed by atoms with Gasteiger partial charge in [-0.25, -0.2) is 5.06 Å². The van der Waals surface area contributed by atoms with Crippen LogP contribution in [-0.4, -0.2) is 8.32 Å². The van der Waals surface area contributed by atoms with E-state index in [-0.39, 0.29) is 6.04 Å². The van der Waals surface area contributed by atoms with Crippen molar-refractivity contribution in [1.82, 2.24) is 0 Å². The molecular formula is C24H24BrNOSi. The molecule has 0 fully saturated rings. The maximum atomic E-state index is 6.52. The van der Waals surface area contributed by atoms with Crippen molar-refractivity contribution >= 4 is 29.9 Å². The third kappa shape index (κ3) is 5.84. The Morgan fingerprint density at radius 2 is 1.39 bits per heavy atom. The molecule has 3 aromatic carbocycles. The molecule has 0 bridgehead atoms. The second-order valence-corrected chi connectivity index (χ2v) is 12.8. The van der Waals surface area contributed by atoms with Crippen LogP contribution in [0.5, 0.6) is 0 Å². The van der Waals surface area contributed by atoms with Crippen molar-refractivity contribution in [3.63, 3.8) is 0 Å². The molecule has 28 heavy (non-hydrogen) atoms. The van der Waals surface area contributed by atoms with Gasteiger partial charge in [-0.3, -0.25) is 0 Å². The number of hydroxylamine groups is 1. The lowest BCUT2D eigenvalue weighted by Gasteiger charge is -2.35. The summed E-state index contributed by atoms with van der Waals surface area (Å²) in [5.41, 5.74) is 3.08. The summed E-state index contributed by atoms with van der Waals surface area (Å²) in [7, 11) is -1.87. The molecule has 0 aliphatic heterocycles. The van der Waals surface area contributed by atoms with Crippen molar-refractivity contribution in [1.29, 1.82) is 0 Å². The first-order valence-electron chi connectivity index (χ1n) is 9.28. The Balaban J connectivity index is 2.08. The van der Waals surface area contributed by atoms with Gasteiger partial charge in [-0.15, -0.1) is 0 Å². The summed E-state index contributed by atoms with van der Waals surface area (Å²) in [6.07, 6.45) is 0. The van der Waals surface area contributed by atoms with Crippen LogP contribution in [-0.2, 0) is 4.53 Å². The van der Waals surface area contributed by atoms with Gasteiger partial charge in [0, 0.05) is 10.0 Å². The molecule has 0 radical (unpaired) electrons. The highest BCUT2D eigenvalue weighted by molar-refractivity contribution is 9.10. The van der Waals surface area contributed by atoms with E-state index in [4.69, 9.17) is 4.53 Å². The molecule has 0 aromatic heterocycles. The minimum absolute atomic E-state index is 0.220. The van der Waals surface area contributed by atoms with E-state index in [9.17, 15) is 0 Å². The Labute approximate surface area is 177 Å². The first-order chi connectivity index (χ1) is 13.4. The second kappa shape index (κ2) is 9.25. The van der Waals surface area contributed by atoms with Crippen molar-refractivity contribution < 1.29 is 4.53 Å². The molecule has 4 heteroatoms.